The van der Waals surface area contributed by atoms with Crippen LogP contribution in [0.5, 0.6) is 0 Å². The van der Waals surface area contributed by atoms with Crippen molar-refractivity contribution >= 4 is 23.4 Å². The Hall–Kier alpha value is -2.49. The van der Waals surface area contributed by atoms with E-state index in [2.05, 4.69) is 15.4 Å². The summed E-state index contributed by atoms with van der Waals surface area (Å²) >= 11 is 0. The fourth-order valence-corrected chi connectivity index (χ4v) is 2.43. The average molecular weight is 295 g/mol. The number of nitrogens with zero attached hydrogens (tertiary/aromatic N) is 4. The highest BCUT2D eigenvalue weighted by Crippen LogP contribution is 2.30. The Kier molecular flexibility index (Phi) is 4.48. The van der Waals surface area contributed by atoms with Crippen LogP contribution < -0.4 is 21.9 Å². The number of anilines is 2. The second-order valence-electron chi connectivity index (χ2n) is 4.90. The Labute approximate surface area is 120 Å². The molecule has 114 valence electrons. The van der Waals surface area contributed by atoms with E-state index in [9.17, 15) is 14.9 Å². The minimum absolute atomic E-state index is 0.120. The van der Waals surface area contributed by atoms with Crippen LogP contribution in [0.2, 0.25) is 0 Å². The van der Waals surface area contributed by atoms with Gasteiger partial charge in [0.2, 0.25) is 17.7 Å². The number of hydrazine groups is 1. The highest BCUT2D eigenvalue weighted by atomic mass is 16.6. The largest absolute Gasteiger partial charge is 0.370 e. The summed E-state index contributed by atoms with van der Waals surface area (Å²) in [5, 5.41) is 11.1. The molecule has 1 fully saturated rings. The molecule has 1 aromatic rings. The summed E-state index contributed by atoms with van der Waals surface area (Å²) < 4.78 is 0. The maximum atomic E-state index is 11.1. The topological polar surface area (TPSA) is 153 Å². The van der Waals surface area contributed by atoms with Gasteiger partial charge in [-0.05, 0) is 18.8 Å². The van der Waals surface area contributed by atoms with Crippen LogP contribution in [0.15, 0.2) is 6.20 Å². The van der Waals surface area contributed by atoms with Gasteiger partial charge in [-0.1, -0.05) is 0 Å². The number of carbonyl (C=O) groups excluding carboxylic acids is 1. The van der Waals surface area contributed by atoms with Crippen LogP contribution in [0, 0.1) is 16.0 Å². The predicted octanol–water partition coefficient (Wildman–Crippen LogP) is -0.238. The van der Waals surface area contributed by atoms with Crippen LogP contribution in [-0.4, -0.2) is 33.9 Å². The fraction of sp³-hybridized carbons (Fsp3) is 0.545. The quantitative estimate of drug-likeness (QED) is 0.382. The smallest absolute Gasteiger partial charge is 0.329 e. The number of hydrogen-bond donors (Lipinski definition) is 3. The van der Waals surface area contributed by atoms with Crippen molar-refractivity contribution in [3.05, 3.63) is 16.3 Å². The lowest BCUT2D eigenvalue weighted by molar-refractivity contribution is -0.384. The van der Waals surface area contributed by atoms with Crippen LogP contribution in [0.3, 0.4) is 0 Å². The molecule has 2 heterocycles. The summed E-state index contributed by atoms with van der Waals surface area (Å²) in [4.78, 5) is 31.1. The normalized spacial score (nSPS) is 15.8. The number of nitro groups is 1. The molecule has 0 unspecified atom stereocenters. The zero-order valence-electron chi connectivity index (χ0n) is 11.4. The molecular weight excluding hydrogens is 278 g/mol. The van der Waals surface area contributed by atoms with Crippen molar-refractivity contribution in [2.24, 2.45) is 17.5 Å². The molecule has 0 radical (unpaired) electrons. The highest BCUT2D eigenvalue weighted by Gasteiger charge is 2.27. The van der Waals surface area contributed by atoms with Gasteiger partial charge in [0.1, 0.15) is 6.20 Å². The predicted molar refractivity (Wildman–Crippen MR) is 75.2 cm³/mol. The number of hydrogen-bond acceptors (Lipinski definition) is 8. The van der Waals surface area contributed by atoms with Gasteiger partial charge >= 0.3 is 5.69 Å². The Morgan fingerprint density at radius 3 is 2.71 bits per heavy atom. The number of piperidine rings is 1. The van der Waals surface area contributed by atoms with Gasteiger partial charge in [0.15, 0.2) is 0 Å². The molecule has 0 saturated carbocycles. The van der Waals surface area contributed by atoms with E-state index in [1.165, 1.54) is 0 Å². The molecule has 1 aromatic heterocycles. The number of nitrogens with one attached hydrogen (secondary N) is 1. The van der Waals surface area contributed by atoms with Gasteiger partial charge in [0.25, 0.3) is 0 Å². The summed E-state index contributed by atoms with van der Waals surface area (Å²) in [6.07, 6.45) is 2.94. The minimum Gasteiger partial charge on any atom is -0.370 e. The van der Waals surface area contributed by atoms with Crippen molar-refractivity contribution in [3.8, 4) is 0 Å². The van der Waals surface area contributed by atoms with Gasteiger partial charge in [-0.25, -0.2) is 10.8 Å². The number of nitrogens with two attached hydrogens (primary N) is 2. The number of nitrogen functional groups attached to an aromatic ring is 1. The fourth-order valence-electron chi connectivity index (χ4n) is 2.43. The number of carbonyl (C=O) groups is 1. The summed E-state index contributed by atoms with van der Waals surface area (Å²) in [6, 6.07) is 0. The van der Waals surface area contributed by atoms with Crippen molar-refractivity contribution < 1.29 is 9.72 Å². The standard InChI is InChI=1S/C11H17N7O3/c12-9(19)5-7-1-3-17(4-2-7)10-8(18(20)21)6-14-11(15-10)16-13/h6-7H,1-5,13H2,(H2,12,19)(H,14,15,16). The van der Waals surface area contributed by atoms with Crippen LogP contribution in [0.25, 0.3) is 0 Å². The molecule has 1 amide bonds. The Morgan fingerprint density at radius 2 is 2.19 bits per heavy atom. The van der Waals surface area contributed by atoms with Gasteiger partial charge in [-0.2, -0.15) is 4.98 Å². The van der Waals surface area contributed by atoms with E-state index >= 15 is 0 Å². The zero-order valence-corrected chi connectivity index (χ0v) is 11.4. The third-order valence-corrected chi connectivity index (χ3v) is 3.48. The first-order valence-electron chi connectivity index (χ1n) is 6.52. The van der Waals surface area contributed by atoms with Crippen molar-refractivity contribution in [2.75, 3.05) is 23.4 Å². The van der Waals surface area contributed by atoms with E-state index in [-0.39, 0.29) is 29.3 Å². The summed E-state index contributed by atoms with van der Waals surface area (Å²) in [6.45, 7) is 1.14. The molecule has 0 bridgehead atoms. The molecule has 0 aromatic carbocycles. The first-order valence-corrected chi connectivity index (χ1v) is 6.52. The second kappa shape index (κ2) is 6.31. The van der Waals surface area contributed by atoms with Crippen molar-refractivity contribution in [2.45, 2.75) is 19.3 Å². The maximum Gasteiger partial charge on any atom is 0.329 e. The molecule has 5 N–H and O–H groups in total. The van der Waals surface area contributed by atoms with Crippen LogP contribution >= 0.6 is 0 Å². The van der Waals surface area contributed by atoms with Gasteiger partial charge in [0, 0.05) is 19.5 Å². The molecule has 1 aliphatic rings. The Balaban J connectivity index is 2.15. The van der Waals surface area contributed by atoms with E-state index in [0.29, 0.717) is 19.5 Å². The molecule has 1 saturated heterocycles. The van der Waals surface area contributed by atoms with Crippen molar-refractivity contribution in [3.63, 3.8) is 0 Å². The van der Waals surface area contributed by atoms with E-state index < -0.39 is 4.92 Å². The number of aromatic nitrogens is 2. The summed E-state index contributed by atoms with van der Waals surface area (Å²) in [5.41, 5.74) is 7.30. The third kappa shape index (κ3) is 3.54. The zero-order chi connectivity index (χ0) is 15.4. The first-order chi connectivity index (χ1) is 10.0. The SMILES string of the molecule is NNc1ncc([N+](=O)[O-])c(N2CCC(CC(N)=O)CC2)n1. The van der Waals surface area contributed by atoms with Crippen molar-refractivity contribution in [1.29, 1.82) is 0 Å². The molecule has 21 heavy (non-hydrogen) atoms. The molecular formula is C11H17N7O3. The number of primary amides is 1. The monoisotopic (exact) mass is 295 g/mol. The lowest BCUT2D eigenvalue weighted by Crippen LogP contribution is -2.36. The summed E-state index contributed by atoms with van der Waals surface area (Å²) in [7, 11) is 0. The molecule has 10 nitrogen and oxygen atoms in total. The van der Waals surface area contributed by atoms with E-state index in [1.54, 1.807) is 4.90 Å². The van der Waals surface area contributed by atoms with E-state index in [4.69, 9.17) is 11.6 Å². The second-order valence-corrected chi connectivity index (χ2v) is 4.90. The third-order valence-electron chi connectivity index (χ3n) is 3.48. The van der Waals surface area contributed by atoms with Crippen LogP contribution in [0.4, 0.5) is 17.5 Å². The molecule has 0 aliphatic carbocycles. The molecule has 10 heteroatoms. The number of amides is 1. The maximum absolute atomic E-state index is 11.1. The molecule has 0 atom stereocenters. The van der Waals surface area contributed by atoms with Gasteiger partial charge in [-0.3, -0.25) is 20.3 Å². The molecule has 2 rings (SSSR count). The highest BCUT2D eigenvalue weighted by molar-refractivity contribution is 5.74. The lowest BCUT2D eigenvalue weighted by Gasteiger charge is -2.31. The van der Waals surface area contributed by atoms with E-state index in [0.717, 1.165) is 19.0 Å². The van der Waals surface area contributed by atoms with E-state index in [1.807, 2.05) is 0 Å². The van der Waals surface area contributed by atoms with Crippen molar-refractivity contribution in [1.82, 2.24) is 9.97 Å². The summed E-state index contributed by atoms with van der Waals surface area (Å²) in [5.74, 6) is 5.48. The van der Waals surface area contributed by atoms with Gasteiger partial charge < -0.3 is 10.6 Å². The van der Waals surface area contributed by atoms with Crippen LogP contribution in [-0.2, 0) is 4.79 Å². The minimum atomic E-state index is -0.523. The molecule has 0 spiro atoms. The molecule has 1 aliphatic heterocycles. The Morgan fingerprint density at radius 1 is 1.52 bits per heavy atom. The van der Waals surface area contributed by atoms with Gasteiger partial charge in [-0.15, -0.1) is 0 Å². The first kappa shape index (κ1) is 14.9. The van der Waals surface area contributed by atoms with Crippen LogP contribution in [0.1, 0.15) is 19.3 Å². The Bertz CT molecular complexity index is 543. The number of rotatable bonds is 5. The van der Waals surface area contributed by atoms with Gasteiger partial charge in [0.05, 0.1) is 4.92 Å². The lowest BCUT2D eigenvalue weighted by atomic mass is 9.93. The average Bonchev–Trinajstić information content (AvgIpc) is 2.46.